The van der Waals surface area contributed by atoms with Crippen LogP contribution < -0.4 is 16.1 Å². The maximum Gasteiger partial charge on any atom is 0.408 e. The number of methoxy groups -OCH3 is 1. The SMILES string of the molecule is COC(=O)C(C)NC(=O)C(CCC1=CCC=C(/C=N/NC(C)=O)C=C1)NC(=O)OC(C)(C)C. The van der Waals surface area contributed by atoms with Gasteiger partial charge in [0, 0.05) is 6.92 Å². The molecule has 0 fully saturated rings. The second kappa shape index (κ2) is 13.2. The summed E-state index contributed by atoms with van der Waals surface area (Å²) in [6.45, 7) is 8.05. The lowest BCUT2D eigenvalue weighted by Crippen LogP contribution is -2.51. The Bertz CT molecular complexity index is 852. The van der Waals surface area contributed by atoms with Crippen molar-refractivity contribution in [2.75, 3.05) is 7.11 Å². The van der Waals surface area contributed by atoms with Crippen LogP contribution in [0.25, 0.3) is 0 Å². The number of hydrogen-bond donors (Lipinski definition) is 3. The first-order valence-corrected chi connectivity index (χ1v) is 10.7. The van der Waals surface area contributed by atoms with Crippen LogP contribution in [0.5, 0.6) is 0 Å². The van der Waals surface area contributed by atoms with E-state index in [4.69, 9.17) is 4.74 Å². The summed E-state index contributed by atoms with van der Waals surface area (Å²) in [5, 5.41) is 8.99. The average Bonchev–Trinajstić information content (AvgIpc) is 2.93. The zero-order chi connectivity index (χ0) is 25.0. The monoisotopic (exact) mass is 462 g/mol. The van der Waals surface area contributed by atoms with E-state index in [9.17, 15) is 19.2 Å². The molecule has 0 spiro atoms. The first kappa shape index (κ1) is 27.6. The van der Waals surface area contributed by atoms with Crippen LogP contribution in [0.4, 0.5) is 4.79 Å². The highest BCUT2D eigenvalue weighted by molar-refractivity contribution is 5.89. The van der Waals surface area contributed by atoms with E-state index in [1.54, 1.807) is 27.0 Å². The molecule has 0 aromatic carbocycles. The molecular weight excluding hydrogens is 428 g/mol. The Labute approximate surface area is 194 Å². The molecule has 0 radical (unpaired) electrons. The van der Waals surface area contributed by atoms with Crippen molar-refractivity contribution in [3.63, 3.8) is 0 Å². The first-order valence-electron chi connectivity index (χ1n) is 10.7. The molecule has 0 saturated heterocycles. The molecule has 3 amide bonds. The van der Waals surface area contributed by atoms with Gasteiger partial charge < -0.3 is 20.1 Å². The number of amides is 3. The molecule has 1 rings (SSSR count). The molecular formula is C23H34N4O6. The third-order valence-electron chi connectivity index (χ3n) is 4.30. The van der Waals surface area contributed by atoms with E-state index >= 15 is 0 Å². The van der Waals surface area contributed by atoms with Crippen molar-refractivity contribution >= 4 is 30.1 Å². The third-order valence-corrected chi connectivity index (χ3v) is 4.30. The van der Waals surface area contributed by atoms with E-state index < -0.39 is 35.7 Å². The minimum absolute atomic E-state index is 0.258. The Hall–Kier alpha value is -3.43. The number of ether oxygens (including phenoxy) is 2. The minimum atomic E-state index is -0.918. The molecule has 10 nitrogen and oxygen atoms in total. The average molecular weight is 463 g/mol. The highest BCUT2D eigenvalue weighted by Gasteiger charge is 2.27. The van der Waals surface area contributed by atoms with Gasteiger partial charge in [0.05, 0.1) is 13.3 Å². The third kappa shape index (κ3) is 11.7. The van der Waals surface area contributed by atoms with E-state index in [0.717, 1.165) is 11.1 Å². The van der Waals surface area contributed by atoms with Crippen molar-refractivity contribution < 1.29 is 28.7 Å². The van der Waals surface area contributed by atoms with E-state index in [1.807, 2.05) is 24.3 Å². The van der Waals surface area contributed by atoms with Crippen molar-refractivity contribution in [3.8, 4) is 0 Å². The normalized spacial score (nSPS) is 15.5. The van der Waals surface area contributed by atoms with Crippen molar-refractivity contribution in [2.24, 2.45) is 5.10 Å². The van der Waals surface area contributed by atoms with Crippen LogP contribution in [0.2, 0.25) is 0 Å². The molecule has 0 saturated carbocycles. The molecule has 3 N–H and O–H groups in total. The highest BCUT2D eigenvalue weighted by Crippen LogP contribution is 2.16. The number of allylic oxidation sites excluding steroid dienone is 6. The number of carbonyl (C=O) groups excluding carboxylic acids is 4. The van der Waals surface area contributed by atoms with Gasteiger partial charge >= 0.3 is 12.1 Å². The lowest BCUT2D eigenvalue weighted by molar-refractivity contribution is -0.144. The Morgan fingerprint density at radius 1 is 1.15 bits per heavy atom. The topological polar surface area (TPSA) is 135 Å². The summed E-state index contributed by atoms with van der Waals surface area (Å²) in [6, 6.07) is -1.78. The Kier molecular flexibility index (Phi) is 11.0. The van der Waals surface area contributed by atoms with Crippen molar-refractivity contribution in [1.29, 1.82) is 0 Å². The van der Waals surface area contributed by atoms with Gasteiger partial charge in [-0.1, -0.05) is 29.9 Å². The molecule has 0 aromatic rings. The number of rotatable bonds is 9. The van der Waals surface area contributed by atoms with Gasteiger partial charge in [0.15, 0.2) is 0 Å². The lowest BCUT2D eigenvalue weighted by atomic mass is 10.0. The van der Waals surface area contributed by atoms with Crippen LogP contribution in [-0.2, 0) is 23.9 Å². The number of esters is 1. The largest absolute Gasteiger partial charge is 0.467 e. The van der Waals surface area contributed by atoms with Gasteiger partial charge in [-0.3, -0.25) is 9.59 Å². The van der Waals surface area contributed by atoms with Crippen LogP contribution in [0, 0.1) is 0 Å². The number of nitrogens with one attached hydrogen (secondary N) is 3. The molecule has 10 heteroatoms. The molecule has 0 heterocycles. The summed E-state index contributed by atoms with van der Waals surface area (Å²) in [5.74, 6) is -1.36. The van der Waals surface area contributed by atoms with Gasteiger partial charge in [-0.25, -0.2) is 15.0 Å². The van der Waals surface area contributed by atoms with Gasteiger partial charge in [0.2, 0.25) is 11.8 Å². The molecule has 1 aliphatic rings. The number of alkyl carbamates (subject to hydrolysis) is 1. The zero-order valence-electron chi connectivity index (χ0n) is 20.1. The Balaban J connectivity index is 2.82. The summed E-state index contributed by atoms with van der Waals surface area (Å²) in [7, 11) is 1.23. The van der Waals surface area contributed by atoms with Crippen LogP contribution in [0.1, 0.15) is 53.9 Å². The van der Waals surface area contributed by atoms with Crippen LogP contribution in [0.15, 0.2) is 40.6 Å². The quantitative estimate of drug-likeness (QED) is 0.273. The van der Waals surface area contributed by atoms with E-state index in [-0.39, 0.29) is 12.3 Å². The fourth-order valence-electron chi connectivity index (χ4n) is 2.74. The van der Waals surface area contributed by atoms with Crippen LogP contribution >= 0.6 is 0 Å². The van der Waals surface area contributed by atoms with E-state index in [0.29, 0.717) is 12.8 Å². The number of carbonyl (C=O) groups is 4. The number of nitrogens with zero attached hydrogens (tertiary/aromatic N) is 1. The second-order valence-electron chi connectivity index (χ2n) is 8.47. The number of hydrogen-bond acceptors (Lipinski definition) is 7. The van der Waals surface area contributed by atoms with E-state index in [2.05, 4.69) is 25.9 Å². The van der Waals surface area contributed by atoms with Gasteiger partial charge in [-0.15, -0.1) is 0 Å². The van der Waals surface area contributed by atoms with Gasteiger partial charge in [0.25, 0.3) is 0 Å². The molecule has 2 atom stereocenters. The van der Waals surface area contributed by atoms with Crippen molar-refractivity contribution in [3.05, 3.63) is 35.5 Å². The van der Waals surface area contributed by atoms with Crippen LogP contribution in [0.3, 0.4) is 0 Å². The van der Waals surface area contributed by atoms with Crippen molar-refractivity contribution in [2.45, 2.75) is 71.6 Å². The summed E-state index contributed by atoms with van der Waals surface area (Å²) < 4.78 is 9.91. The molecule has 2 unspecified atom stereocenters. The Morgan fingerprint density at radius 3 is 2.45 bits per heavy atom. The van der Waals surface area contributed by atoms with E-state index in [1.165, 1.54) is 21.0 Å². The second-order valence-corrected chi connectivity index (χ2v) is 8.47. The summed E-state index contributed by atoms with van der Waals surface area (Å²) in [4.78, 5) is 47.6. The summed E-state index contributed by atoms with van der Waals surface area (Å²) in [6.07, 6.45) is 9.90. The molecule has 0 aliphatic heterocycles. The maximum absolute atomic E-state index is 12.8. The summed E-state index contributed by atoms with van der Waals surface area (Å²) in [5.41, 5.74) is 3.40. The Morgan fingerprint density at radius 2 is 1.85 bits per heavy atom. The smallest absolute Gasteiger partial charge is 0.408 e. The fraction of sp³-hybridized carbons (Fsp3) is 0.522. The predicted molar refractivity (Wildman–Crippen MR) is 124 cm³/mol. The standard InChI is InChI=1S/C23H34N4O6/c1-15(21(30)32-6)25-20(29)19(26-22(31)33-23(3,4)5)13-12-17-8-7-9-18(11-10-17)14-24-27-16(2)28/h8-11,14-15,19H,7,12-13H2,1-6H3,(H,25,29)(H,26,31)(H,27,28)/b24-14+. The minimum Gasteiger partial charge on any atom is -0.467 e. The van der Waals surface area contributed by atoms with Gasteiger partial charge in [-0.2, -0.15) is 5.10 Å². The molecule has 0 bridgehead atoms. The maximum atomic E-state index is 12.8. The number of hydrazone groups is 1. The summed E-state index contributed by atoms with van der Waals surface area (Å²) >= 11 is 0. The molecule has 0 aromatic heterocycles. The predicted octanol–water partition coefficient (Wildman–Crippen LogP) is 2.27. The van der Waals surface area contributed by atoms with Crippen LogP contribution in [-0.4, -0.2) is 54.9 Å². The molecule has 182 valence electrons. The molecule has 1 aliphatic carbocycles. The van der Waals surface area contributed by atoms with Gasteiger partial charge in [0.1, 0.15) is 17.7 Å². The highest BCUT2D eigenvalue weighted by atomic mass is 16.6. The first-order chi connectivity index (χ1) is 15.4. The van der Waals surface area contributed by atoms with Gasteiger partial charge in [-0.05, 0) is 52.5 Å². The fourth-order valence-corrected chi connectivity index (χ4v) is 2.74. The van der Waals surface area contributed by atoms with Crippen molar-refractivity contribution in [1.82, 2.24) is 16.1 Å². The zero-order valence-corrected chi connectivity index (χ0v) is 20.1. The lowest BCUT2D eigenvalue weighted by Gasteiger charge is -2.24. The molecule has 33 heavy (non-hydrogen) atoms.